The fourth-order valence-electron chi connectivity index (χ4n) is 3.09. The number of anilines is 1. The van der Waals surface area contributed by atoms with Gasteiger partial charge in [-0.25, -0.2) is 4.39 Å². The van der Waals surface area contributed by atoms with Crippen LogP contribution in [-0.4, -0.2) is 28.9 Å². The Hall–Kier alpha value is -2.67. The van der Waals surface area contributed by atoms with Gasteiger partial charge in [0.15, 0.2) is 11.6 Å². The lowest BCUT2D eigenvalue weighted by Crippen LogP contribution is -2.27. The molecule has 3 heterocycles. The lowest BCUT2D eigenvalue weighted by Gasteiger charge is -2.14. The fourth-order valence-corrected chi connectivity index (χ4v) is 4.13. The maximum atomic E-state index is 14.0. The van der Waals surface area contributed by atoms with Crippen LogP contribution >= 0.6 is 11.3 Å². The molecule has 1 aromatic carbocycles. The number of halogens is 1. The molecule has 1 saturated heterocycles. The molecule has 26 heavy (non-hydrogen) atoms. The van der Waals surface area contributed by atoms with E-state index in [4.69, 9.17) is 10.5 Å². The van der Waals surface area contributed by atoms with Gasteiger partial charge in [0.1, 0.15) is 5.75 Å². The average molecular weight is 371 g/mol. The summed E-state index contributed by atoms with van der Waals surface area (Å²) >= 11 is 1.32. The van der Waals surface area contributed by atoms with Crippen molar-refractivity contribution in [2.45, 2.75) is 13.3 Å². The molecule has 7 heteroatoms. The van der Waals surface area contributed by atoms with E-state index in [0.29, 0.717) is 27.7 Å². The summed E-state index contributed by atoms with van der Waals surface area (Å²) in [6.07, 6.45) is 2.62. The van der Waals surface area contributed by atoms with Gasteiger partial charge < -0.3 is 15.4 Å². The maximum Gasteiger partial charge on any atom is 0.264 e. The van der Waals surface area contributed by atoms with Crippen LogP contribution in [0.15, 0.2) is 36.5 Å². The normalized spacial score (nSPS) is 17.0. The minimum Gasteiger partial charge on any atom is -0.453 e. The third kappa shape index (κ3) is 3.10. The molecule has 1 atom stereocenters. The summed E-state index contributed by atoms with van der Waals surface area (Å²) < 4.78 is 20.5. The minimum atomic E-state index is -0.533. The van der Waals surface area contributed by atoms with Crippen molar-refractivity contribution in [3.63, 3.8) is 0 Å². The second kappa shape index (κ2) is 6.57. The Labute approximate surface area is 154 Å². The zero-order valence-corrected chi connectivity index (χ0v) is 15.1. The molecule has 2 aromatic heterocycles. The number of carbonyl (C=O) groups excluding carboxylic acids is 1. The third-order valence-electron chi connectivity index (χ3n) is 4.47. The number of carbonyl (C=O) groups is 1. The molecule has 0 spiro atoms. The Balaban J connectivity index is 1.66. The second-order valence-electron chi connectivity index (χ2n) is 6.57. The van der Waals surface area contributed by atoms with Crippen molar-refractivity contribution in [1.29, 1.82) is 0 Å². The number of thiophene rings is 1. The highest BCUT2D eigenvalue weighted by Crippen LogP contribution is 2.36. The number of amides is 1. The Kier molecular flexibility index (Phi) is 4.24. The van der Waals surface area contributed by atoms with Gasteiger partial charge in [0.05, 0.1) is 15.1 Å². The molecule has 134 valence electrons. The number of rotatable bonds is 3. The molecule has 2 N–H and O–H groups in total. The number of nitrogens with zero attached hydrogens (tertiary/aromatic N) is 2. The Morgan fingerprint density at radius 3 is 2.92 bits per heavy atom. The van der Waals surface area contributed by atoms with Gasteiger partial charge in [0, 0.05) is 37.1 Å². The highest BCUT2D eigenvalue weighted by molar-refractivity contribution is 7.21. The molecule has 0 saturated carbocycles. The largest absolute Gasteiger partial charge is 0.453 e. The van der Waals surface area contributed by atoms with Crippen LogP contribution in [0, 0.1) is 11.7 Å². The van der Waals surface area contributed by atoms with Gasteiger partial charge in [-0.15, -0.1) is 11.3 Å². The van der Waals surface area contributed by atoms with Crippen LogP contribution in [0.1, 0.15) is 23.0 Å². The highest BCUT2D eigenvalue weighted by Gasteiger charge is 2.26. The summed E-state index contributed by atoms with van der Waals surface area (Å²) in [7, 11) is 0. The molecule has 0 bridgehead atoms. The monoisotopic (exact) mass is 371 g/mol. The predicted molar refractivity (Wildman–Crippen MR) is 100 cm³/mol. The SMILES string of the molecule is C[C@@H]1CCN(C(=O)c2cc3nccc(Oc4ccc(N)cc4F)c3s2)C1. The molecular weight excluding hydrogens is 353 g/mol. The summed E-state index contributed by atoms with van der Waals surface area (Å²) in [5.74, 6) is 0.563. The van der Waals surface area contributed by atoms with E-state index in [1.807, 2.05) is 4.90 Å². The fraction of sp³-hybridized carbons (Fsp3) is 0.263. The van der Waals surface area contributed by atoms with Crippen molar-refractivity contribution in [3.8, 4) is 11.5 Å². The summed E-state index contributed by atoms with van der Waals surface area (Å²) in [5.41, 5.74) is 6.57. The van der Waals surface area contributed by atoms with Crippen molar-refractivity contribution < 1.29 is 13.9 Å². The highest BCUT2D eigenvalue weighted by atomic mass is 32.1. The number of hydrogen-bond donors (Lipinski definition) is 1. The Bertz CT molecular complexity index is 988. The summed E-state index contributed by atoms with van der Waals surface area (Å²) in [6.45, 7) is 3.70. The summed E-state index contributed by atoms with van der Waals surface area (Å²) in [6, 6.07) is 7.72. The van der Waals surface area contributed by atoms with E-state index in [1.54, 1.807) is 24.4 Å². The second-order valence-corrected chi connectivity index (χ2v) is 7.62. The molecule has 0 aliphatic carbocycles. The first kappa shape index (κ1) is 16.8. The van der Waals surface area contributed by atoms with Crippen molar-refractivity contribution >= 4 is 33.1 Å². The number of aromatic nitrogens is 1. The van der Waals surface area contributed by atoms with E-state index in [1.165, 1.54) is 23.5 Å². The maximum absolute atomic E-state index is 14.0. The number of nitrogen functional groups attached to an aromatic ring is 1. The van der Waals surface area contributed by atoms with Gasteiger partial charge in [0.2, 0.25) is 0 Å². The average Bonchev–Trinajstić information content (AvgIpc) is 3.23. The van der Waals surface area contributed by atoms with Crippen molar-refractivity contribution in [2.24, 2.45) is 5.92 Å². The van der Waals surface area contributed by atoms with Crippen LogP contribution in [0.25, 0.3) is 10.2 Å². The molecule has 1 aliphatic rings. The minimum absolute atomic E-state index is 0.0157. The summed E-state index contributed by atoms with van der Waals surface area (Å²) in [5, 5.41) is 0. The van der Waals surface area contributed by atoms with Gasteiger partial charge in [-0.05, 0) is 30.5 Å². The lowest BCUT2D eigenvalue weighted by atomic mass is 10.2. The van der Waals surface area contributed by atoms with E-state index in [9.17, 15) is 9.18 Å². The molecule has 1 fully saturated rings. The number of nitrogens with two attached hydrogens (primary N) is 1. The molecule has 0 unspecified atom stereocenters. The van der Waals surface area contributed by atoms with Crippen LogP contribution in [0.4, 0.5) is 10.1 Å². The molecule has 0 radical (unpaired) electrons. The van der Waals surface area contributed by atoms with Crippen molar-refractivity contribution in [1.82, 2.24) is 9.88 Å². The number of pyridine rings is 1. The molecule has 1 amide bonds. The van der Waals surface area contributed by atoms with Crippen LogP contribution < -0.4 is 10.5 Å². The number of fused-ring (bicyclic) bond motifs is 1. The summed E-state index contributed by atoms with van der Waals surface area (Å²) in [4.78, 5) is 19.5. The van der Waals surface area contributed by atoms with Crippen molar-refractivity contribution in [2.75, 3.05) is 18.8 Å². The van der Waals surface area contributed by atoms with Gasteiger partial charge in [-0.3, -0.25) is 9.78 Å². The topological polar surface area (TPSA) is 68.5 Å². The number of benzene rings is 1. The van der Waals surface area contributed by atoms with E-state index in [2.05, 4.69) is 11.9 Å². The molecule has 5 nitrogen and oxygen atoms in total. The lowest BCUT2D eigenvalue weighted by molar-refractivity contribution is 0.0793. The number of hydrogen-bond acceptors (Lipinski definition) is 5. The van der Waals surface area contributed by atoms with Gasteiger partial charge in [-0.2, -0.15) is 0 Å². The molecule has 3 aromatic rings. The predicted octanol–water partition coefficient (Wildman–Crippen LogP) is 4.29. The van der Waals surface area contributed by atoms with Gasteiger partial charge in [0.25, 0.3) is 5.91 Å². The third-order valence-corrected chi connectivity index (χ3v) is 5.60. The van der Waals surface area contributed by atoms with Gasteiger partial charge >= 0.3 is 0 Å². The quantitative estimate of drug-likeness (QED) is 0.697. The van der Waals surface area contributed by atoms with Crippen molar-refractivity contribution in [3.05, 3.63) is 47.2 Å². The Morgan fingerprint density at radius 1 is 1.35 bits per heavy atom. The number of likely N-dealkylation sites (tertiary alicyclic amines) is 1. The standard InChI is InChI=1S/C19H18FN3O2S/c1-11-5-7-23(10-11)19(24)17-9-14-18(26-17)16(4-6-22-14)25-15-3-2-12(21)8-13(15)20/h2-4,6,8-9,11H,5,7,10,21H2,1H3/t11-/m1/s1. The zero-order valence-electron chi connectivity index (χ0n) is 14.2. The first-order valence-corrected chi connectivity index (χ1v) is 9.23. The van der Waals surface area contributed by atoms with Crippen LogP contribution in [-0.2, 0) is 0 Å². The molecule has 4 rings (SSSR count). The smallest absolute Gasteiger partial charge is 0.264 e. The first-order valence-electron chi connectivity index (χ1n) is 8.42. The van der Waals surface area contributed by atoms with E-state index >= 15 is 0 Å². The van der Waals surface area contributed by atoms with Crippen LogP contribution in [0.5, 0.6) is 11.5 Å². The molecular formula is C19H18FN3O2S. The Morgan fingerprint density at radius 2 is 2.19 bits per heavy atom. The number of ether oxygens (including phenoxy) is 1. The van der Waals surface area contributed by atoms with Crippen LogP contribution in [0.2, 0.25) is 0 Å². The van der Waals surface area contributed by atoms with Gasteiger partial charge in [-0.1, -0.05) is 6.92 Å². The van der Waals surface area contributed by atoms with Crippen LogP contribution in [0.3, 0.4) is 0 Å². The van der Waals surface area contributed by atoms with E-state index < -0.39 is 5.82 Å². The van der Waals surface area contributed by atoms with E-state index in [0.717, 1.165) is 24.2 Å². The zero-order chi connectivity index (χ0) is 18.3. The first-order chi connectivity index (χ1) is 12.5. The van der Waals surface area contributed by atoms with E-state index in [-0.39, 0.29) is 11.7 Å². The molecule has 1 aliphatic heterocycles.